The normalized spacial score (nSPS) is 17.0. The number of phenolic OH excluding ortho intramolecular Hbond substituents is 4. The highest BCUT2D eigenvalue weighted by Crippen LogP contribution is 2.56. The van der Waals surface area contributed by atoms with Crippen LogP contribution in [-0.4, -0.2) is 46.2 Å². The van der Waals surface area contributed by atoms with Gasteiger partial charge < -0.3 is 29.9 Å². The zero-order chi connectivity index (χ0) is 28.6. The summed E-state index contributed by atoms with van der Waals surface area (Å²) in [5.41, 5.74) is 3.24. The Morgan fingerprint density at radius 1 is 0.500 bits per heavy atom. The van der Waals surface area contributed by atoms with Crippen molar-refractivity contribution in [2.24, 2.45) is 0 Å². The fraction of sp³-hybridized carbons (Fsp3) is 0.188. The Hall–Kier alpha value is -4.98. The molecule has 0 saturated heterocycles. The van der Waals surface area contributed by atoms with Gasteiger partial charge in [-0.3, -0.25) is 9.59 Å². The second kappa shape index (κ2) is 8.77. The molecule has 0 aromatic heterocycles. The summed E-state index contributed by atoms with van der Waals surface area (Å²) in [6.07, 6.45) is 0. The van der Waals surface area contributed by atoms with Crippen molar-refractivity contribution in [3.8, 4) is 34.5 Å². The second-order valence-corrected chi connectivity index (χ2v) is 10.3. The van der Waals surface area contributed by atoms with Crippen molar-refractivity contribution in [3.05, 3.63) is 104 Å². The summed E-state index contributed by atoms with van der Waals surface area (Å²) in [6.45, 7) is 3.58. The van der Waals surface area contributed by atoms with Crippen LogP contribution in [0.3, 0.4) is 0 Å². The van der Waals surface area contributed by atoms with Gasteiger partial charge in [-0.25, -0.2) is 0 Å². The third-order valence-electron chi connectivity index (χ3n) is 7.88. The number of carbonyl (C=O) groups is 2. The quantitative estimate of drug-likeness (QED) is 0.280. The number of fused-ring (bicyclic) bond motifs is 4. The predicted octanol–water partition coefficient (Wildman–Crippen LogP) is 5.20. The molecule has 2 aliphatic rings. The molecule has 2 atom stereocenters. The molecule has 0 aliphatic heterocycles. The number of aromatic hydroxyl groups is 4. The number of phenols is 4. The molecule has 0 bridgehead atoms. The molecule has 202 valence electrons. The number of hydrogen-bond acceptors (Lipinski definition) is 8. The molecule has 4 N–H and O–H groups in total. The van der Waals surface area contributed by atoms with Crippen LogP contribution in [0.15, 0.2) is 48.5 Å². The fourth-order valence-corrected chi connectivity index (χ4v) is 6.34. The lowest BCUT2D eigenvalue weighted by molar-refractivity contribution is 0.101. The topological polar surface area (TPSA) is 134 Å². The minimum absolute atomic E-state index is 0.00134. The lowest BCUT2D eigenvalue weighted by atomic mass is 9.63. The zero-order valence-corrected chi connectivity index (χ0v) is 22.2. The van der Waals surface area contributed by atoms with Crippen LogP contribution in [0.1, 0.15) is 77.1 Å². The minimum Gasteiger partial charge on any atom is -0.507 e. The van der Waals surface area contributed by atoms with E-state index in [1.165, 1.54) is 38.5 Å². The largest absolute Gasteiger partial charge is 0.507 e. The Balaban J connectivity index is 1.80. The minimum atomic E-state index is -0.757. The first kappa shape index (κ1) is 25.3. The maximum Gasteiger partial charge on any atom is 0.201 e. The van der Waals surface area contributed by atoms with E-state index in [0.29, 0.717) is 44.9 Å². The Bertz CT molecular complexity index is 1650. The van der Waals surface area contributed by atoms with Gasteiger partial charge in [0.15, 0.2) is 0 Å². The predicted molar refractivity (Wildman–Crippen MR) is 146 cm³/mol. The van der Waals surface area contributed by atoms with E-state index < -0.39 is 23.4 Å². The maximum absolute atomic E-state index is 13.8. The van der Waals surface area contributed by atoms with Gasteiger partial charge in [-0.2, -0.15) is 0 Å². The van der Waals surface area contributed by atoms with E-state index in [0.717, 1.165) is 0 Å². The van der Waals surface area contributed by atoms with Crippen molar-refractivity contribution in [2.75, 3.05) is 14.2 Å². The average Bonchev–Trinajstić information content (AvgIpc) is 2.88. The summed E-state index contributed by atoms with van der Waals surface area (Å²) < 4.78 is 10.9. The van der Waals surface area contributed by atoms with Gasteiger partial charge in [-0.1, -0.05) is 12.1 Å². The number of hydrogen-bond donors (Lipinski definition) is 4. The highest BCUT2D eigenvalue weighted by molar-refractivity contribution is 6.18. The van der Waals surface area contributed by atoms with Crippen LogP contribution in [0, 0.1) is 13.8 Å². The van der Waals surface area contributed by atoms with Crippen molar-refractivity contribution >= 4 is 11.6 Å². The maximum atomic E-state index is 13.8. The van der Waals surface area contributed by atoms with Gasteiger partial charge in [0.2, 0.25) is 11.6 Å². The lowest BCUT2D eigenvalue weighted by Crippen LogP contribution is -2.30. The Morgan fingerprint density at radius 2 is 0.800 bits per heavy atom. The summed E-state index contributed by atoms with van der Waals surface area (Å²) in [7, 11) is 2.89. The highest BCUT2D eigenvalue weighted by atomic mass is 16.5. The molecule has 2 unspecified atom stereocenters. The molecule has 6 rings (SSSR count). The first-order valence-electron chi connectivity index (χ1n) is 12.6. The summed E-state index contributed by atoms with van der Waals surface area (Å²) in [5, 5.41) is 44.1. The van der Waals surface area contributed by atoms with Gasteiger partial charge in [0.05, 0.1) is 36.5 Å². The number of methoxy groups -OCH3 is 2. The molecule has 0 spiro atoms. The van der Waals surface area contributed by atoms with E-state index in [1.807, 2.05) is 0 Å². The smallest absolute Gasteiger partial charge is 0.201 e. The van der Waals surface area contributed by atoms with Crippen molar-refractivity contribution in [2.45, 2.75) is 25.7 Å². The van der Waals surface area contributed by atoms with Crippen LogP contribution in [-0.2, 0) is 0 Å². The Morgan fingerprint density at radius 3 is 1.12 bits per heavy atom. The van der Waals surface area contributed by atoms with Gasteiger partial charge >= 0.3 is 0 Å². The Kier molecular flexibility index (Phi) is 5.55. The van der Waals surface area contributed by atoms with E-state index in [1.54, 1.807) is 38.1 Å². The van der Waals surface area contributed by atoms with E-state index in [-0.39, 0.29) is 45.3 Å². The molecule has 0 saturated carbocycles. The average molecular weight is 539 g/mol. The lowest BCUT2D eigenvalue weighted by Gasteiger charge is -2.39. The first-order chi connectivity index (χ1) is 19.0. The van der Waals surface area contributed by atoms with Gasteiger partial charge in [0.1, 0.15) is 34.5 Å². The standard InChI is InChI=1S/C32H26O8/c1-13-5-17-25(19-9-15(39-3)11-23(35)29(19)31(37)27(17)21(33)7-13)26-18-6-14(2)8-22(34)28(18)32(38)30-20(26)10-16(40-4)12-24(30)36/h5-12,25-26,33-36H,1-4H3. The number of ether oxygens (including phenoxy) is 2. The third-order valence-corrected chi connectivity index (χ3v) is 7.88. The summed E-state index contributed by atoms with van der Waals surface area (Å²) in [5.74, 6) is -3.10. The Labute approximate surface area is 229 Å². The zero-order valence-electron chi connectivity index (χ0n) is 22.2. The molecule has 0 radical (unpaired) electrons. The fourth-order valence-electron chi connectivity index (χ4n) is 6.34. The third kappa shape index (κ3) is 3.45. The van der Waals surface area contributed by atoms with E-state index >= 15 is 0 Å². The number of carbonyl (C=O) groups excluding carboxylic acids is 2. The van der Waals surface area contributed by atoms with Gasteiger partial charge in [0.25, 0.3) is 0 Å². The molecular weight excluding hydrogens is 512 g/mol. The summed E-state index contributed by atoms with van der Waals surface area (Å²) in [6, 6.07) is 12.5. The van der Waals surface area contributed by atoms with Crippen LogP contribution in [0.5, 0.6) is 34.5 Å². The number of benzene rings is 4. The van der Waals surface area contributed by atoms with Crippen molar-refractivity contribution in [1.82, 2.24) is 0 Å². The van der Waals surface area contributed by atoms with Crippen LogP contribution in [0.25, 0.3) is 0 Å². The summed E-state index contributed by atoms with van der Waals surface area (Å²) >= 11 is 0. The number of rotatable bonds is 3. The molecule has 4 aromatic carbocycles. The van der Waals surface area contributed by atoms with Crippen molar-refractivity contribution in [1.29, 1.82) is 0 Å². The first-order valence-corrected chi connectivity index (χ1v) is 12.6. The van der Waals surface area contributed by atoms with E-state index in [2.05, 4.69) is 0 Å². The summed E-state index contributed by atoms with van der Waals surface area (Å²) in [4.78, 5) is 27.6. The molecule has 40 heavy (non-hydrogen) atoms. The van der Waals surface area contributed by atoms with Gasteiger partial charge in [-0.05, 0) is 71.5 Å². The molecule has 0 fully saturated rings. The van der Waals surface area contributed by atoms with Crippen LogP contribution in [0.2, 0.25) is 0 Å². The molecular formula is C32H26O8. The van der Waals surface area contributed by atoms with Crippen LogP contribution in [0.4, 0.5) is 0 Å². The van der Waals surface area contributed by atoms with Gasteiger partial charge in [0, 0.05) is 24.0 Å². The van der Waals surface area contributed by atoms with Gasteiger partial charge in [-0.15, -0.1) is 0 Å². The number of ketones is 2. The molecule has 4 aromatic rings. The van der Waals surface area contributed by atoms with Crippen LogP contribution < -0.4 is 9.47 Å². The van der Waals surface area contributed by atoms with Crippen molar-refractivity contribution < 1.29 is 39.5 Å². The molecule has 0 heterocycles. The van der Waals surface area contributed by atoms with Crippen LogP contribution >= 0.6 is 0 Å². The molecule has 2 aliphatic carbocycles. The molecule has 8 heteroatoms. The molecule has 8 nitrogen and oxygen atoms in total. The number of aryl methyl sites for hydroxylation is 2. The van der Waals surface area contributed by atoms with Crippen molar-refractivity contribution in [3.63, 3.8) is 0 Å². The second-order valence-electron chi connectivity index (χ2n) is 10.3. The highest BCUT2D eigenvalue weighted by Gasteiger charge is 2.46. The van der Waals surface area contributed by atoms with E-state index in [9.17, 15) is 30.0 Å². The SMILES string of the molecule is COc1cc(O)c2c(c1)C(C1c3cc(C)cc(O)c3C(=O)c3c(O)cc(OC)cc31)c1cc(C)cc(O)c1C2=O. The monoisotopic (exact) mass is 538 g/mol. The molecule has 0 amide bonds. The van der Waals surface area contributed by atoms with E-state index in [4.69, 9.17) is 9.47 Å².